The molecule has 0 aliphatic carbocycles. The Labute approximate surface area is 88.4 Å². The fourth-order valence-corrected chi connectivity index (χ4v) is 2.17. The van der Waals surface area contributed by atoms with Gasteiger partial charge in [0.05, 0.1) is 6.61 Å². The van der Waals surface area contributed by atoms with Crippen molar-refractivity contribution in [2.75, 3.05) is 12.4 Å². The fraction of sp³-hybridized carbons (Fsp3) is 1.00. The first-order chi connectivity index (χ1) is 6.62. The highest BCUT2D eigenvalue weighted by Crippen LogP contribution is 2.05. The van der Waals surface area contributed by atoms with Crippen molar-refractivity contribution in [2.24, 2.45) is 0 Å². The van der Waals surface area contributed by atoms with Crippen molar-refractivity contribution in [1.29, 1.82) is 0 Å². The predicted molar refractivity (Wildman–Crippen MR) is 61.4 cm³/mol. The minimum absolute atomic E-state index is 0.288. The van der Waals surface area contributed by atoms with E-state index in [4.69, 9.17) is 4.18 Å². The van der Waals surface area contributed by atoms with Crippen molar-refractivity contribution in [3.8, 4) is 0 Å². The van der Waals surface area contributed by atoms with Crippen LogP contribution in [0.1, 0.15) is 52.4 Å². The molecule has 0 bridgehead atoms. The number of rotatable bonds is 9. The second-order valence-corrected chi connectivity index (χ2v) is 5.33. The van der Waals surface area contributed by atoms with E-state index in [9.17, 15) is 8.99 Å². The molecule has 0 saturated carbocycles. The summed E-state index contributed by atoms with van der Waals surface area (Å²) in [7, 11) is -2.98. The van der Waals surface area contributed by atoms with Crippen molar-refractivity contribution in [3.63, 3.8) is 0 Å². The highest BCUT2D eigenvalue weighted by Gasteiger charge is 1.98. The largest absolute Gasteiger partial charge is 0.728 e. The minimum Gasteiger partial charge on any atom is -0.728 e. The molecule has 0 saturated heterocycles. The van der Waals surface area contributed by atoms with Gasteiger partial charge in [0.25, 0.3) is 0 Å². The average Bonchev–Trinajstić information content (AvgIpc) is 2.13. The smallest absolute Gasteiger partial charge is 0.0615 e. The van der Waals surface area contributed by atoms with Gasteiger partial charge in [-0.25, -0.2) is 0 Å². The summed E-state index contributed by atoms with van der Waals surface area (Å²) < 4.78 is 25.6. The van der Waals surface area contributed by atoms with Crippen LogP contribution >= 0.6 is 0 Å². The van der Waals surface area contributed by atoms with Gasteiger partial charge < -0.3 is 8.96 Å². The van der Waals surface area contributed by atoms with Gasteiger partial charge >= 0.3 is 0 Å². The summed E-state index contributed by atoms with van der Waals surface area (Å²) in [5.41, 5.74) is 0. The summed E-state index contributed by atoms with van der Waals surface area (Å²) in [6.07, 6.45) is 5.92. The maximum Gasteiger partial charge on any atom is 0.0615 e. The van der Waals surface area contributed by atoms with Crippen LogP contribution in [0.15, 0.2) is 0 Å². The number of nitrogens with zero attached hydrogens (tertiary/aromatic N) is 1. The van der Waals surface area contributed by atoms with Crippen molar-refractivity contribution in [3.05, 3.63) is 4.78 Å². The molecule has 0 rings (SSSR count). The lowest BCUT2D eigenvalue weighted by Crippen LogP contribution is -2.09. The molecule has 0 aromatic heterocycles. The summed E-state index contributed by atoms with van der Waals surface area (Å²) in [6, 6.07) is 0. The van der Waals surface area contributed by atoms with Crippen LogP contribution in [0.5, 0.6) is 0 Å². The molecule has 0 radical (unpaired) electrons. The van der Waals surface area contributed by atoms with E-state index in [-0.39, 0.29) is 5.75 Å². The van der Waals surface area contributed by atoms with Crippen LogP contribution in [0.2, 0.25) is 0 Å². The zero-order chi connectivity index (χ0) is 10.9. The molecule has 0 aliphatic heterocycles. The van der Waals surface area contributed by atoms with Crippen LogP contribution in [0.4, 0.5) is 0 Å². The molecule has 0 spiro atoms. The summed E-state index contributed by atoms with van der Waals surface area (Å²) in [6.45, 7) is 4.55. The minimum atomic E-state index is -2.98. The summed E-state index contributed by atoms with van der Waals surface area (Å²) in [5, 5.41) is 0. The van der Waals surface area contributed by atoms with Crippen LogP contribution in [0, 0.1) is 0 Å². The van der Waals surface area contributed by atoms with E-state index in [0.29, 0.717) is 6.61 Å². The average molecular weight is 220 g/mol. The Kier molecular flexibility index (Phi) is 8.18. The number of hydrogen-bond acceptors (Lipinski definition) is 2. The molecule has 0 heterocycles. The lowest BCUT2D eigenvalue weighted by atomic mass is 10.2. The first-order valence-corrected chi connectivity index (χ1v) is 7.12. The molecule has 0 aliphatic rings. The van der Waals surface area contributed by atoms with Gasteiger partial charge in [-0.2, -0.15) is 0 Å². The Morgan fingerprint density at radius 2 is 1.71 bits per heavy atom. The van der Waals surface area contributed by atoms with Gasteiger partial charge in [-0.1, -0.05) is 39.5 Å². The van der Waals surface area contributed by atoms with Gasteiger partial charge in [-0.15, -0.1) is 0 Å². The highest BCUT2D eigenvalue weighted by molar-refractivity contribution is 7.90. The molecular weight excluding hydrogens is 198 g/mol. The molecule has 3 nitrogen and oxygen atoms in total. The van der Waals surface area contributed by atoms with Crippen molar-refractivity contribution in [1.82, 2.24) is 0 Å². The highest BCUT2D eigenvalue weighted by atomic mass is 32.2. The van der Waals surface area contributed by atoms with Gasteiger partial charge in [-0.3, -0.25) is 4.21 Å². The van der Waals surface area contributed by atoms with E-state index in [1.54, 1.807) is 0 Å². The molecule has 4 heteroatoms. The maximum atomic E-state index is 11.4. The molecule has 0 N–H and O–H groups in total. The SMILES string of the molecule is CCCCCCS(=[N-])(=O)OCCCC. The van der Waals surface area contributed by atoms with Gasteiger partial charge in [0.1, 0.15) is 0 Å². The normalized spacial score (nSPS) is 15.3. The van der Waals surface area contributed by atoms with E-state index in [1.165, 1.54) is 0 Å². The van der Waals surface area contributed by atoms with Crippen LogP contribution in [-0.4, -0.2) is 16.6 Å². The van der Waals surface area contributed by atoms with E-state index in [0.717, 1.165) is 38.5 Å². The molecule has 1 atom stereocenters. The molecule has 0 aromatic carbocycles. The van der Waals surface area contributed by atoms with Crippen LogP contribution in [0.3, 0.4) is 0 Å². The van der Waals surface area contributed by atoms with E-state index < -0.39 is 10.0 Å². The van der Waals surface area contributed by atoms with Crippen molar-refractivity contribution < 1.29 is 8.39 Å². The first-order valence-electron chi connectivity index (χ1n) is 5.51. The van der Waals surface area contributed by atoms with E-state index in [1.807, 2.05) is 6.92 Å². The predicted octanol–water partition coefficient (Wildman–Crippen LogP) is 3.34. The standard InChI is InChI=1S/C10H22NO2S/c1-3-5-7-8-10-14(11,12)13-9-6-4-2/h3-10H2,1-2H3/q-1. The second kappa shape index (κ2) is 8.24. The van der Waals surface area contributed by atoms with Gasteiger partial charge in [0, 0.05) is 5.75 Å². The van der Waals surface area contributed by atoms with Crippen molar-refractivity contribution in [2.45, 2.75) is 52.4 Å². The number of unbranched alkanes of at least 4 members (excludes halogenated alkanes) is 4. The van der Waals surface area contributed by atoms with Crippen LogP contribution < -0.4 is 0 Å². The Morgan fingerprint density at radius 1 is 1.07 bits per heavy atom. The summed E-state index contributed by atoms with van der Waals surface area (Å²) >= 11 is 0. The third kappa shape index (κ3) is 8.51. The lowest BCUT2D eigenvalue weighted by Gasteiger charge is -2.15. The topological polar surface area (TPSA) is 48.6 Å². The Hall–Kier alpha value is -0.0900. The Balaban J connectivity index is 3.52. The molecule has 0 aromatic rings. The molecule has 0 amide bonds. The van der Waals surface area contributed by atoms with Gasteiger partial charge in [0.2, 0.25) is 0 Å². The van der Waals surface area contributed by atoms with Crippen LogP contribution in [0.25, 0.3) is 4.78 Å². The lowest BCUT2D eigenvalue weighted by molar-refractivity contribution is 0.334. The van der Waals surface area contributed by atoms with Crippen molar-refractivity contribution >= 4 is 10.0 Å². The fourth-order valence-electron chi connectivity index (χ4n) is 1.10. The van der Waals surface area contributed by atoms with Gasteiger partial charge in [0.15, 0.2) is 0 Å². The Bertz CT molecular complexity index is 212. The number of hydrogen-bond donors (Lipinski definition) is 0. The Morgan fingerprint density at radius 3 is 2.29 bits per heavy atom. The molecule has 86 valence electrons. The second-order valence-electron chi connectivity index (χ2n) is 3.52. The molecular formula is C10H22NO2S-. The van der Waals surface area contributed by atoms with E-state index in [2.05, 4.69) is 6.92 Å². The van der Waals surface area contributed by atoms with Gasteiger partial charge in [-0.05, 0) is 22.9 Å². The molecule has 0 fully saturated rings. The molecule has 14 heavy (non-hydrogen) atoms. The third-order valence-corrected chi connectivity index (χ3v) is 3.36. The quantitative estimate of drug-likeness (QED) is 0.559. The zero-order valence-electron chi connectivity index (χ0n) is 9.33. The third-order valence-electron chi connectivity index (χ3n) is 2.02. The molecule has 1 unspecified atom stereocenters. The summed E-state index contributed by atoms with van der Waals surface area (Å²) in [5.74, 6) is 0.288. The maximum absolute atomic E-state index is 11.4. The van der Waals surface area contributed by atoms with Crippen LogP contribution in [-0.2, 0) is 14.2 Å². The van der Waals surface area contributed by atoms with E-state index >= 15 is 0 Å². The zero-order valence-corrected chi connectivity index (χ0v) is 10.1. The monoisotopic (exact) mass is 220 g/mol. The first kappa shape index (κ1) is 13.9. The summed E-state index contributed by atoms with van der Waals surface area (Å²) in [4.78, 5) is 0.